The Bertz CT molecular complexity index is 1340. The number of rotatable bonds is 16. The maximum Gasteiger partial charge on any atom is 0.403 e. The molecule has 7 heteroatoms. The van der Waals surface area contributed by atoms with Gasteiger partial charge in [0.2, 0.25) is 0 Å². The van der Waals surface area contributed by atoms with Crippen LogP contribution in [0.15, 0.2) is 109 Å². The van der Waals surface area contributed by atoms with Crippen LogP contribution < -0.4 is 5.50 Å². The molecule has 2 unspecified atom stereocenters. The van der Waals surface area contributed by atoms with Gasteiger partial charge in [-0.05, 0) is 47.2 Å². The summed E-state index contributed by atoms with van der Waals surface area (Å²) in [4.78, 5) is 0. The van der Waals surface area contributed by atoms with Crippen LogP contribution >= 0.6 is 7.75 Å². The Morgan fingerprint density at radius 3 is 1.30 bits per heavy atom. The molecule has 0 aliphatic carbocycles. The van der Waals surface area contributed by atoms with E-state index in [1.807, 2.05) is 111 Å². The van der Waals surface area contributed by atoms with E-state index >= 15 is 0 Å². The molecule has 4 aromatic rings. The van der Waals surface area contributed by atoms with Crippen LogP contribution in [-0.2, 0) is 36.3 Å². The van der Waals surface area contributed by atoms with Gasteiger partial charge in [0.05, 0.1) is 38.6 Å². The zero-order chi connectivity index (χ0) is 30.7. The summed E-state index contributed by atoms with van der Waals surface area (Å²) in [6, 6.07) is 36.0. The molecular weight excluding hydrogens is 557 g/mol. The molecule has 0 amide bonds. The molecule has 0 radical (unpaired) electrons. The summed E-state index contributed by atoms with van der Waals surface area (Å²) in [5.41, 5.74) is 12.9. The summed E-state index contributed by atoms with van der Waals surface area (Å²) in [6.07, 6.45) is -1.22. The smallest absolute Gasteiger partial charge is 0.374 e. The van der Waals surface area contributed by atoms with Gasteiger partial charge in [0.1, 0.15) is 0 Å². The molecule has 0 aliphatic rings. The number of ether oxygens (including phenoxy) is 2. The predicted octanol–water partition coefficient (Wildman–Crippen LogP) is 8.48. The van der Waals surface area contributed by atoms with Crippen molar-refractivity contribution in [1.29, 1.82) is 0 Å². The molecule has 0 heterocycles. The lowest BCUT2D eigenvalue weighted by atomic mass is 9.96. The summed E-state index contributed by atoms with van der Waals surface area (Å²) in [5, 5.41) is 0. The largest absolute Gasteiger partial charge is 0.403 e. The third-order valence-corrected chi connectivity index (χ3v) is 9.06. The van der Waals surface area contributed by atoms with E-state index in [1.165, 1.54) is 0 Å². The first kappa shape index (κ1) is 32.8. The molecule has 0 aromatic heterocycles. The summed E-state index contributed by atoms with van der Waals surface area (Å²) in [5.74, 6) is -0.304. The van der Waals surface area contributed by atoms with Crippen LogP contribution in [-0.4, -0.2) is 25.4 Å². The van der Waals surface area contributed by atoms with Crippen LogP contribution in [0.25, 0.3) is 0 Å². The Kier molecular flexibility index (Phi) is 12.3. The zero-order valence-corrected chi connectivity index (χ0v) is 26.5. The second-order valence-electron chi connectivity index (χ2n) is 11.1. The molecule has 4 rings (SSSR count). The van der Waals surface area contributed by atoms with Gasteiger partial charge in [0.25, 0.3) is 0 Å². The van der Waals surface area contributed by atoms with Crippen molar-refractivity contribution < 1.29 is 23.1 Å². The lowest BCUT2D eigenvalue weighted by molar-refractivity contribution is -0.00455. The third kappa shape index (κ3) is 9.97. The van der Waals surface area contributed by atoms with E-state index in [9.17, 15) is 4.57 Å². The van der Waals surface area contributed by atoms with Gasteiger partial charge < -0.3 is 9.47 Å². The van der Waals surface area contributed by atoms with Crippen LogP contribution in [0, 0.1) is 13.8 Å². The van der Waals surface area contributed by atoms with E-state index in [1.54, 1.807) is 0 Å². The molecule has 4 atom stereocenters. The van der Waals surface area contributed by atoms with Crippen molar-refractivity contribution in [1.82, 2.24) is 0 Å². The first-order chi connectivity index (χ1) is 20.7. The maximum atomic E-state index is 13.9. The van der Waals surface area contributed by atoms with Gasteiger partial charge in [-0.2, -0.15) is 0 Å². The van der Waals surface area contributed by atoms with Crippen LogP contribution in [0.2, 0.25) is 0 Å². The Balaban J connectivity index is 1.49. The fraction of sp³-hybridized carbons (Fsp3) is 0.333. The maximum absolute atomic E-state index is 13.9. The molecule has 6 nitrogen and oxygen atoms in total. The van der Waals surface area contributed by atoms with Crippen molar-refractivity contribution >= 4 is 7.75 Å². The highest BCUT2D eigenvalue weighted by Crippen LogP contribution is 2.46. The Hall–Kier alpha value is -3.09. The first-order valence-corrected chi connectivity index (χ1v) is 16.4. The molecule has 43 heavy (non-hydrogen) atoms. The first-order valence-electron chi connectivity index (χ1n) is 14.8. The fourth-order valence-electron chi connectivity index (χ4n) is 4.99. The Morgan fingerprint density at radius 2 is 0.930 bits per heavy atom. The molecule has 4 aromatic carbocycles. The summed E-state index contributed by atoms with van der Waals surface area (Å²) in [6.45, 7) is 9.34. The van der Waals surface area contributed by atoms with E-state index in [0.29, 0.717) is 13.2 Å². The molecule has 2 N–H and O–H groups in total. The molecule has 0 spiro atoms. The Labute approximate surface area is 256 Å². The van der Waals surface area contributed by atoms with E-state index in [4.69, 9.17) is 24.0 Å². The van der Waals surface area contributed by atoms with Crippen molar-refractivity contribution in [3.8, 4) is 0 Å². The summed E-state index contributed by atoms with van der Waals surface area (Å²) < 4.78 is 38.4. The standard InChI is InChI=1S/C36H44NO5P/c1-27-15-11-13-21-33(27)23-39-25-35(29(3)31-17-7-5-8-18-31)41-43(37,38)42-36(30(4)32-19-9-6-10-20-32)26-40-24-34-22-14-12-16-28(34)2/h5-22,29-30,35-36H,23-26H2,1-4H3,(H2,37,38)/t29-,30-,35?,36?,43?/m0/s1. The molecular formula is C36H44NO5P. The Morgan fingerprint density at radius 1 is 0.581 bits per heavy atom. The highest BCUT2D eigenvalue weighted by Gasteiger charge is 2.34. The molecule has 0 bridgehead atoms. The minimum atomic E-state index is -4.06. The lowest BCUT2D eigenvalue weighted by Crippen LogP contribution is -2.31. The highest BCUT2D eigenvalue weighted by atomic mass is 31.2. The number of aryl methyl sites for hydroxylation is 2. The van der Waals surface area contributed by atoms with Gasteiger partial charge in [-0.3, -0.25) is 9.05 Å². The molecule has 0 aliphatic heterocycles. The topological polar surface area (TPSA) is 80.0 Å². The predicted molar refractivity (Wildman–Crippen MR) is 173 cm³/mol. The third-order valence-electron chi connectivity index (χ3n) is 7.93. The van der Waals surface area contributed by atoms with Crippen molar-refractivity contribution in [3.63, 3.8) is 0 Å². The van der Waals surface area contributed by atoms with Gasteiger partial charge in [0.15, 0.2) is 0 Å². The number of hydrogen-bond donors (Lipinski definition) is 1. The van der Waals surface area contributed by atoms with Crippen LogP contribution in [0.4, 0.5) is 0 Å². The minimum absolute atomic E-state index is 0.152. The second-order valence-corrected chi connectivity index (χ2v) is 12.6. The lowest BCUT2D eigenvalue weighted by Gasteiger charge is -2.31. The number of benzene rings is 4. The fourth-order valence-corrected chi connectivity index (χ4v) is 6.28. The van der Waals surface area contributed by atoms with E-state index < -0.39 is 20.0 Å². The van der Waals surface area contributed by atoms with E-state index in [-0.39, 0.29) is 25.0 Å². The van der Waals surface area contributed by atoms with Crippen LogP contribution in [0.1, 0.15) is 59.1 Å². The second kappa shape index (κ2) is 16.1. The number of nitrogens with two attached hydrogens (primary N) is 1. The van der Waals surface area contributed by atoms with Crippen molar-refractivity contribution in [2.24, 2.45) is 5.50 Å². The van der Waals surface area contributed by atoms with Gasteiger partial charge in [0, 0.05) is 11.8 Å². The zero-order valence-electron chi connectivity index (χ0n) is 25.6. The van der Waals surface area contributed by atoms with Gasteiger partial charge in [-0.1, -0.05) is 123 Å². The highest BCUT2D eigenvalue weighted by molar-refractivity contribution is 7.51. The van der Waals surface area contributed by atoms with E-state index in [2.05, 4.69) is 26.0 Å². The van der Waals surface area contributed by atoms with Gasteiger partial charge >= 0.3 is 7.75 Å². The van der Waals surface area contributed by atoms with Crippen molar-refractivity contribution in [2.45, 2.75) is 65.0 Å². The molecule has 0 saturated heterocycles. The molecule has 0 saturated carbocycles. The van der Waals surface area contributed by atoms with Crippen molar-refractivity contribution in [3.05, 3.63) is 143 Å². The summed E-state index contributed by atoms with van der Waals surface area (Å²) in [7, 11) is -4.06. The van der Waals surface area contributed by atoms with Gasteiger partial charge in [-0.25, -0.2) is 10.1 Å². The van der Waals surface area contributed by atoms with Crippen LogP contribution in [0.3, 0.4) is 0 Å². The SMILES string of the molecule is Cc1ccccc1COCC(OP(N)(=O)OC(COCc1ccccc1C)[C@@H](C)c1ccccc1)[C@@H](C)c1ccccc1. The monoisotopic (exact) mass is 601 g/mol. The van der Waals surface area contributed by atoms with Crippen LogP contribution in [0.5, 0.6) is 0 Å². The van der Waals surface area contributed by atoms with Gasteiger partial charge in [-0.15, -0.1) is 0 Å². The quantitative estimate of drug-likeness (QED) is 0.130. The molecule has 0 fully saturated rings. The van der Waals surface area contributed by atoms with E-state index in [0.717, 1.165) is 33.4 Å². The minimum Gasteiger partial charge on any atom is -0.374 e. The average molecular weight is 602 g/mol. The average Bonchev–Trinajstić information content (AvgIpc) is 3.02. The molecule has 228 valence electrons. The normalized spacial score (nSPS) is 15.7. The number of hydrogen-bond acceptors (Lipinski definition) is 5. The summed E-state index contributed by atoms with van der Waals surface area (Å²) >= 11 is 0. The van der Waals surface area contributed by atoms with Crippen molar-refractivity contribution in [2.75, 3.05) is 13.2 Å².